The molecule has 0 amide bonds. The number of hydrogen-bond donors (Lipinski definition) is 3. The minimum absolute atomic E-state index is 0.104. The molecule has 0 aliphatic carbocycles. The van der Waals surface area contributed by atoms with E-state index in [1.807, 2.05) is 0 Å². The molecule has 202 valence electrons. The summed E-state index contributed by atoms with van der Waals surface area (Å²) in [4.78, 5) is 0.210. The second kappa shape index (κ2) is 18.1. The molecule has 0 unspecified atom stereocenters. The molecule has 0 spiro atoms. The summed E-state index contributed by atoms with van der Waals surface area (Å²) in [7, 11) is -3.68. The van der Waals surface area contributed by atoms with Crippen LogP contribution in [0, 0.1) is 0 Å². The Morgan fingerprint density at radius 2 is 1.14 bits per heavy atom. The average molecular weight is 517 g/mol. The summed E-state index contributed by atoms with van der Waals surface area (Å²) < 4.78 is 28.0. The number of rotatable bonds is 21. The largest absolute Gasteiger partial charge is 0.508 e. The van der Waals surface area contributed by atoms with E-state index in [-0.39, 0.29) is 10.6 Å². The number of sulfonamides is 1. The highest BCUT2D eigenvalue weighted by Gasteiger charge is 2.16. The van der Waals surface area contributed by atoms with Gasteiger partial charge in [-0.05, 0) is 30.7 Å². The standard InChI is InChI=1S/C30H48N2O3S/c1-2-3-4-5-6-7-8-9-10-11-12-13-14-15-16-20-25-31-30-26-27(33)23-24-29(30)32-36(34,35)28-21-18-17-19-22-28/h17-19,21-24,26,31-33H,2-16,20,25H2,1H3. The number of hydrogen-bond acceptors (Lipinski definition) is 4. The highest BCUT2D eigenvalue weighted by molar-refractivity contribution is 7.92. The lowest BCUT2D eigenvalue weighted by Gasteiger charge is -2.15. The Labute approximate surface area is 220 Å². The fourth-order valence-corrected chi connectivity index (χ4v) is 5.57. The molecule has 2 aromatic carbocycles. The SMILES string of the molecule is CCCCCCCCCCCCCCCCCCNc1cc(O)ccc1NS(=O)(=O)c1ccccc1. The van der Waals surface area contributed by atoms with Crippen LogP contribution in [-0.4, -0.2) is 20.1 Å². The molecule has 0 radical (unpaired) electrons. The van der Waals surface area contributed by atoms with Gasteiger partial charge in [-0.2, -0.15) is 0 Å². The zero-order chi connectivity index (χ0) is 25.9. The third-order valence-corrected chi connectivity index (χ3v) is 8.03. The maximum Gasteiger partial charge on any atom is 0.261 e. The Balaban J connectivity index is 1.54. The van der Waals surface area contributed by atoms with Gasteiger partial charge in [-0.25, -0.2) is 8.42 Å². The zero-order valence-electron chi connectivity index (χ0n) is 22.3. The predicted molar refractivity (Wildman–Crippen MR) is 153 cm³/mol. The summed E-state index contributed by atoms with van der Waals surface area (Å²) in [6.45, 7) is 3.01. The van der Waals surface area contributed by atoms with Crippen molar-refractivity contribution in [1.29, 1.82) is 0 Å². The molecular formula is C30H48N2O3S. The van der Waals surface area contributed by atoms with Crippen molar-refractivity contribution in [2.45, 2.75) is 115 Å². The molecule has 2 aromatic rings. The van der Waals surface area contributed by atoms with Crippen LogP contribution in [0.3, 0.4) is 0 Å². The molecule has 0 aliphatic heterocycles. The number of aromatic hydroxyl groups is 1. The fraction of sp³-hybridized carbons (Fsp3) is 0.600. The lowest BCUT2D eigenvalue weighted by atomic mass is 10.0. The van der Waals surface area contributed by atoms with E-state index in [0.29, 0.717) is 11.4 Å². The maximum absolute atomic E-state index is 12.7. The van der Waals surface area contributed by atoms with Gasteiger partial charge in [0.25, 0.3) is 10.0 Å². The van der Waals surface area contributed by atoms with Gasteiger partial charge in [0.1, 0.15) is 5.75 Å². The molecule has 0 atom stereocenters. The van der Waals surface area contributed by atoms with Crippen LogP contribution in [0.15, 0.2) is 53.4 Å². The van der Waals surface area contributed by atoms with E-state index in [2.05, 4.69) is 17.0 Å². The number of phenolic OH excluding ortho intramolecular Hbond substituents is 1. The van der Waals surface area contributed by atoms with E-state index in [0.717, 1.165) is 19.4 Å². The second-order valence-corrected chi connectivity index (χ2v) is 11.6. The summed E-state index contributed by atoms with van der Waals surface area (Å²) in [5.74, 6) is 0.104. The topological polar surface area (TPSA) is 78.4 Å². The van der Waals surface area contributed by atoms with Gasteiger partial charge in [0.15, 0.2) is 0 Å². The van der Waals surface area contributed by atoms with Crippen LogP contribution in [0.4, 0.5) is 11.4 Å². The van der Waals surface area contributed by atoms with Crippen LogP contribution in [-0.2, 0) is 10.0 Å². The van der Waals surface area contributed by atoms with Crippen molar-refractivity contribution in [2.24, 2.45) is 0 Å². The Kier molecular flexibility index (Phi) is 15.1. The van der Waals surface area contributed by atoms with Crippen LogP contribution >= 0.6 is 0 Å². The molecule has 2 rings (SSSR count). The molecule has 5 nitrogen and oxygen atoms in total. The van der Waals surface area contributed by atoms with Crippen LogP contribution < -0.4 is 10.0 Å². The van der Waals surface area contributed by atoms with Crippen molar-refractivity contribution in [3.05, 3.63) is 48.5 Å². The Morgan fingerprint density at radius 3 is 1.67 bits per heavy atom. The van der Waals surface area contributed by atoms with Crippen LogP contribution in [0.2, 0.25) is 0 Å². The van der Waals surface area contributed by atoms with Crippen molar-refractivity contribution < 1.29 is 13.5 Å². The predicted octanol–water partition coefficient (Wildman–Crippen LogP) is 8.87. The summed E-state index contributed by atoms with van der Waals surface area (Å²) in [5, 5.41) is 13.2. The molecule has 3 N–H and O–H groups in total. The van der Waals surface area contributed by atoms with Gasteiger partial charge < -0.3 is 10.4 Å². The average Bonchev–Trinajstić information content (AvgIpc) is 2.88. The highest BCUT2D eigenvalue weighted by atomic mass is 32.2. The Hall–Kier alpha value is -2.21. The van der Waals surface area contributed by atoms with Crippen LogP contribution in [0.5, 0.6) is 5.75 Å². The van der Waals surface area contributed by atoms with Crippen LogP contribution in [0.1, 0.15) is 110 Å². The van der Waals surface area contributed by atoms with Crippen LogP contribution in [0.25, 0.3) is 0 Å². The van der Waals surface area contributed by atoms with E-state index in [1.165, 1.54) is 96.0 Å². The molecule has 0 fully saturated rings. The Bertz CT molecular complexity index is 932. The van der Waals surface area contributed by atoms with E-state index >= 15 is 0 Å². The third-order valence-electron chi connectivity index (χ3n) is 6.65. The first kappa shape index (κ1) is 30.0. The summed E-state index contributed by atoms with van der Waals surface area (Å²) >= 11 is 0. The van der Waals surface area contributed by atoms with E-state index in [9.17, 15) is 13.5 Å². The lowest BCUT2D eigenvalue weighted by Crippen LogP contribution is -2.14. The monoisotopic (exact) mass is 516 g/mol. The molecule has 0 heterocycles. The minimum Gasteiger partial charge on any atom is -0.508 e. The first-order valence-electron chi connectivity index (χ1n) is 14.2. The molecular weight excluding hydrogens is 468 g/mol. The molecule has 0 saturated heterocycles. The highest BCUT2D eigenvalue weighted by Crippen LogP contribution is 2.28. The molecule has 0 saturated carbocycles. The number of benzene rings is 2. The second-order valence-electron chi connectivity index (χ2n) is 9.88. The first-order chi connectivity index (χ1) is 17.5. The number of unbranched alkanes of at least 4 members (excludes halogenated alkanes) is 15. The van der Waals surface area contributed by atoms with Crippen molar-refractivity contribution in [3.63, 3.8) is 0 Å². The van der Waals surface area contributed by atoms with E-state index < -0.39 is 10.0 Å². The smallest absolute Gasteiger partial charge is 0.261 e. The number of anilines is 2. The van der Waals surface area contributed by atoms with Gasteiger partial charge in [-0.1, -0.05) is 121 Å². The molecule has 36 heavy (non-hydrogen) atoms. The molecule has 0 aromatic heterocycles. The maximum atomic E-state index is 12.7. The number of nitrogens with one attached hydrogen (secondary N) is 2. The summed E-state index contributed by atoms with van der Waals surface area (Å²) in [6, 6.07) is 12.9. The van der Waals surface area contributed by atoms with Crippen molar-refractivity contribution in [2.75, 3.05) is 16.6 Å². The quantitative estimate of drug-likeness (QED) is 0.114. The van der Waals surface area contributed by atoms with Gasteiger partial charge >= 0.3 is 0 Å². The summed E-state index contributed by atoms with van der Waals surface area (Å²) in [6.07, 6.45) is 21.3. The van der Waals surface area contributed by atoms with Crippen molar-refractivity contribution in [1.82, 2.24) is 0 Å². The first-order valence-corrected chi connectivity index (χ1v) is 15.7. The molecule has 0 bridgehead atoms. The minimum atomic E-state index is -3.68. The number of phenols is 1. The molecule has 6 heteroatoms. The van der Waals surface area contributed by atoms with Gasteiger partial charge in [-0.15, -0.1) is 0 Å². The van der Waals surface area contributed by atoms with Gasteiger partial charge in [0.2, 0.25) is 0 Å². The summed E-state index contributed by atoms with van der Waals surface area (Å²) in [5.41, 5.74) is 1.03. The Morgan fingerprint density at radius 1 is 0.639 bits per heavy atom. The van der Waals surface area contributed by atoms with Gasteiger partial charge in [-0.3, -0.25) is 4.72 Å². The van der Waals surface area contributed by atoms with Gasteiger partial charge in [0.05, 0.1) is 16.3 Å². The van der Waals surface area contributed by atoms with E-state index in [4.69, 9.17) is 0 Å². The third kappa shape index (κ3) is 12.7. The van der Waals surface area contributed by atoms with Crippen molar-refractivity contribution in [3.8, 4) is 5.75 Å². The molecule has 0 aliphatic rings. The zero-order valence-corrected chi connectivity index (χ0v) is 23.1. The van der Waals surface area contributed by atoms with E-state index in [1.54, 1.807) is 42.5 Å². The normalized spacial score (nSPS) is 11.5. The van der Waals surface area contributed by atoms with Crippen molar-refractivity contribution >= 4 is 21.4 Å². The lowest BCUT2D eigenvalue weighted by molar-refractivity contribution is 0.475. The fourth-order valence-electron chi connectivity index (χ4n) is 4.47. The van der Waals surface area contributed by atoms with Gasteiger partial charge in [0, 0.05) is 12.6 Å².